The first-order valence-electron chi connectivity index (χ1n) is 6.14. The second kappa shape index (κ2) is 6.20. The lowest BCUT2D eigenvalue weighted by Gasteiger charge is -2.11. The van der Waals surface area contributed by atoms with Gasteiger partial charge in [-0.3, -0.25) is 9.78 Å². The van der Waals surface area contributed by atoms with Crippen molar-refractivity contribution in [1.29, 1.82) is 0 Å². The van der Waals surface area contributed by atoms with Crippen molar-refractivity contribution in [1.82, 2.24) is 4.98 Å². The van der Waals surface area contributed by atoms with E-state index in [1.807, 2.05) is 24.3 Å². The van der Waals surface area contributed by atoms with Crippen LogP contribution in [-0.2, 0) is 11.2 Å². The van der Waals surface area contributed by atoms with E-state index in [1.165, 1.54) is 0 Å². The Hall–Kier alpha value is -2.07. The van der Waals surface area contributed by atoms with Gasteiger partial charge in [0.2, 0.25) is 0 Å². The number of methoxy groups -OCH3 is 1. The van der Waals surface area contributed by atoms with E-state index in [2.05, 4.69) is 11.6 Å². The lowest BCUT2D eigenvalue weighted by molar-refractivity contribution is 0.165. The number of hydrogen-bond acceptors (Lipinski definition) is 3. The first-order valence-corrected chi connectivity index (χ1v) is 6.14. The molecular formula is C15H17NO3. The molecule has 0 bridgehead atoms. The number of rotatable bonds is 6. The van der Waals surface area contributed by atoms with Crippen LogP contribution in [0.15, 0.2) is 41.7 Å². The number of pyridine rings is 1. The van der Waals surface area contributed by atoms with E-state index in [1.54, 1.807) is 13.2 Å². The van der Waals surface area contributed by atoms with Crippen molar-refractivity contribution in [2.24, 2.45) is 0 Å². The van der Waals surface area contributed by atoms with E-state index in [9.17, 15) is 4.79 Å². The Bertz CT molecular complexity index is 631. The summed E-state index contributed by atoms with van der Waals surface area (Å²) >= 11 is 0. The Labute approximate surface area is 111 Å². The van der Waals surface area contributed by atoms with Crippen molar-refractivity contribution in [3.63, 3.8) is 0 Å². The quantitative estimate of drug-likeness (QED) is 0.639. The van der Waals surface area contributed by atoms with Crippen LogP contribution in [0.1, 0.15) is 5.56 Å². The molecule has 0 saturated carbocycles. The summed E-state index contributed by atoms with van der Waals surface area (Å²) in [5.41, 5.74) is 0.824. The standard InChI is InChI=1S/C15H17NO3/c1-3-9-19-10-8-13-11-6-4-5-7-12(11)14(17)16-15(13)18-2/h3-7H,1,8-10H2,2H3,(H,16,17). The summed E-state index contributed by atoms with van der Waals surface area (Å²) in [6, 6.07) is 7.50. The van der Waals surface area contributed by atoms with E-state index in [-0.39, 0.29) is 5.56 Å². The van der Waals surface area contributed by atoms with Crippen molar-refractivity contribution in [3.05, 3.63) is 52.8 Å². The third-order valence-electron chi connectivity index (χ3n) is 2.93. The number of nitrogens with one attached hydrogen (secondary N) is 1. The number of benzene rings is 1. The fourth-order valence-corrected chi connectivity index (χ4v) is 2.08. The molecule has 1 N–H and O–H groups in total. The van der Waals surface area contributed by atoms with Crippen LogP contribution in [0.25, 0.3) is 10.8 Å². The van der Waals surface area contributed by atoms with Crippen LogP contribution in [0.4, 0.5) is 0 Å². The molecule has 19 heavy (non-hydrogen) atoms. The number of aromatic nitrogens is 1. The van der Waals surface area contributed by atoms with Gasteiger partial charge < -0.3 is 9.47 Å². The maximum Gasteiger partial charge on any atom is 0.258 e. The number of hydrogen-bond donors (Lipinski definition) is 1. The Balaban J connectivity index is 2.41. The Morgan fingerprint density at radius 3 is 2.74 bits per heavy atom. The van der Waals surface area contributed by atoms with Crippen molar-refractivity contribution in [2.75, 3.05) is 20.3 Å². The minimum absolute atomic E-state index is 0.136. The summed E-state index contributed by atoms with van der Waals surface area (Å²) in [4.78, 5) is 14.7. The molecular weight excluding hydrogens is 242 g/mol. The second-order valence-electron chi connectivity index (χ2n) is 4.13. The maximum absolute atomic E-state index is 11.9. The fourth-order valence-electron chi connectivity index (χ4n) is 2.08. The largest absolute Gasteiger partial charge is 0.482 e. The molecule has 4 nitrogen and oxygen atoms in total. The number of H-pyrrole nitrogens is 1. The second-order valence-corrected chi connectivity index (χ2v) is 4.13. The highest BCUT2D eigenvalue weighted by Crippen LogP contribution is 2.23. The van der Waals surface area contributed by atoms with Gasteiger partial charge in [-0.1, -0.05) is 24.3 Å². The molecule has 0 unspecified atom stereocenters. The van der Waals surface area contributed by atoms with Crippen LogP contribution in [0.5, 0.6) is 5.88 Å². The topological polar surface area (TPSA) is 51.3 Å². The Kier molecular flexibility index (Phi) is 4.36. The molecule has 0 fully saturated rings. The average Bonchev–Trinajstić information content (AvgIpc) is 2.45. The van der Waals surface area contributed by atoms with Gasteiger partial charge in [0, 0.05) is 17.4 Å². The van der Waals surface area contributed by atoms with Crippen molar-refractivity contribution in [3.8, 4) is 5.88 Å². The van der Waals surface area contributed by atoms with Crippen LogP contribution in [0.2, 0.25) is 0 Å². The normalized spacial score (nSPS) is 10.6. The molecule has 4 heteroatoms. The van der Waals surface area contributed by atoms with Gasteiger partial charge in [-0.05, 0) is 11.5 Å². The smallest absolute Gasteiger partial charge is 0.258 e. The van der Waals surface area contributed by atoms with Crippen LogP contribution in [0.3, 0.4) is 0 Å². The van der Waals surface area contributed by atoms with Gasteiger partial charge in [-0.25, -0.2) is 0 Å². The van der Waals surface area contributed by atoms with E-state index in [4.69, 9.17) is 9.47 Å². The van der Waals surface area contributed by atoms with Gasteiger partial charge in [0.15, 0.2) is 5.88 Å². The number of aromatic amines is 1. The summed E-state index contributed by atoms with van der Waals surface area (Å²) in [5, 5.41) is 1.58. The first kappa shape index (κ1) is 13.4. The molecule has 1 heterocycles. The molecule has 0 aliphatic heterocycles. The molecule has 2 aromatic rings. The minimum atomic E-state index is -0.136. The van der Waals surface area contributed by atoms with E-state index < -0.39 is 0 Å². The van der Waals surface area contributed by atoms with Gasteiger partial charge in [-0.15, -0.1) is 6.58 Å². The van der Waals surface area contributed by atoms with E-state index in [0.29, 0.717) is 30.9 Å². The van der Waals surface area contributed by atoms with Crippen LogP contribution >= 0.6 is 0 Å². The molecule has 0 amide bonds. The third-order valence-corrected chi connectivity index (χ3v) is 2.93. The van der Waals surface area contributed by atoms with Gasteiger partial charge >= 0.3 is 0 Å². The van der Waals surface area contributed by atoms with Crippen molar-refractivity contribution in [2.45, 2.75) is 6.42 Å². The molecule has 0 saturated heterocycles. The van der Waals surface area contributed by atoms with Crippen molar-refractivity contribution >= 4 is 10.8 Å². The van der Waals surface area contributed by atoms with Gasteiger partial charge in [0.05, 0.1) is 20.3 Å². The zero-order chi connectivity index (χ0) is 13.7. The lowest BCUT2D eigenvalue weighted by Crippen LogP contribution is -2.12. The van der Waals surface area contributed by atoms with Gasteiger partial charge in [0.1, 0.15) is 0 Å². The third kappa shape index (κ3) is 2.85. The highest BCUT2D eigenvalue weighted by Gasteiger charge is 2.11. The van der Waals surface area contributed by atoms with E-state index in [0.717, 1.165) is 10.9 Å². The summed E-state index contributed by atoms with van der Waals surface area (Å²) in [5.74, 6) is 0.505. The SMILES string of the molecule is C=CCOCCc1c(OC)[nH]c(=O)c2ccccc12. The molecule has 0 spiro atoms. The fraction of sp³-hybridized carbons (Fsp3) is 0.267. The molecule has 0 aliphatic carbocycles. The maximum atomic E-state index is 11.9. The summed E-state index contributed by atoms with van der Waals surface area (Å²) in [7, 11) is 1.55. The monoisotopic (exact) mass is 259 g/mol. The highest BCUT2D eigenvalue weighted by atomic mass is 16.5. The lowest BCUT2D eigenvalue weighted by atomic mass is 10.0. The number of fused-ring (bicyclic) bond motifs is 1. The predicted octanol–water partition coefficient (Wildman–Crippen LogP) is 2.28. The minimum Gasteiger partial charge on any atom is -0.482 e. The molecule has 1 aromatic carbocycles. The predicted molar refractivity (Wildman–Crippen MR) is 75.8 cm³/mol. The van der Waals surface area contributed by atoms with Crippen LogP contribution in [-0.4, -0.2) is 25.3 Å². The summed E-state index contributed by atoms with van der Waals surface area (Å²) < 4.78 is 10.7. The van der Waals surface area contributed by atoms with Gasteiger partial charge in [0.25, 0.3) is 5.56 Å². The molecule has 0 radical (unpaired) electrons. The van der Waals surface area contributed by atoms with Crippen LogP contribution in [0, 0.1) is 0 Å². The molecule has 1 aromatic heterocycles. The van der Waals surface area contributed by atoms with E-state index >= 15 is 0 Å². The van der Waals surface area contributed by atoms with Crippen LogP contribution < -0.4 is 10.3 Å². The molecule has 100 valence electrons. The zero-order valence-electron chi connectivity index (χ0n) is 10.9. The Morgan fingerprint density at radius 1 is 1.32 bits per heavy atom. The first-order chi connectivity index (χ1) is 9.27. The average molecular weight is 259 g/mol. The molecule has 0 aliphatic rings. The highest BCUT2D eigenvalue weighted by molar-refractivity contribution is 5.86. The summed E-state index contributed by atoms with van der Waals surface area (Å²) in [6.07, 6.45) is 2.39. The molecule has 0 atom stereocenters. The van der Waals surface area contributed by atoms with Crippen molar-refractivity contribution < 1.29 is 9.47 Å². The summed E-state index contributed by atoms with van der Waals surface area (Å²) in [6.45, 7) is 4.67. The van der Waals surface area contributed by atoms with Gasteiger partial charge in [-0.2, -0.15) is 0 Å². The number of ether oxygens (including phenoxy) is 2. The Morgan fingerprint density at radius 2 is 2.05 bits per heavy atom. The zero-order valence-corrected chi connectivity index (χ0v) is 10.9. The molecule has 2 rings (SSSR count).